The predicted molar refractivity (Wildman–Crippen MR) is 117 cm³/mol. The summed E-state index contributed by atoms with van der Waals surface area (Å²) in [5, 5.41) is 4.61. The lowest BCUT2D eigenvalue weighted by atomic mass is 10.1. The van der Waals surface area contributed by atoms with Gasteiger partial charge in [-0.15, -0.1) is 11.3 Å². The second-order valence-corrected chi connectivity index (χ2v) is 8.41. The number of halogens is 1. The molecule has 0 saturated carbocycles. The standard InChI is InChI=1S/C22H22ClN3OS/c23-17-7-5-6-16(14-17)19(26-12-3-4-13-26)15-24-21(27)10-11-22-25-18-8-1-2-9-20(18)28-22/h1-2,5-11,14,19H,3-4,12-13,15H2,(H,24,27)/b11-10+. The van der Waals surface area contributed by atoms with Crippen LogP contribution < -0.4 is 5.32 Å². The number of amides is 1. The summed E-state index contributed by atoms with van der Waals surface area (Å²) in [4.78, 5) is 19.3. The fourth-order valence-electron chi connectivity index (χ4n) is 3.59. The van der Waals surface area contributed by atoms with Gasteiger partial charge in [0.25, 0.3) is 0 Å². The van der Waals surface area contributed by atoms with Gasteiger partial charge < -0.3 is 5.32 Å². The summed E-state index contributed by atoms with van der Waals surface area (Å²) in [6.45, 7) is 2.66. The van der Waals surface area contributed by atoms with Crippen LogP contribution in [0.1, 0.15) is 29.5 Å². The first-order valence-electron chi connectivity index (χ1n) is 9.50. The molecule has 1 fully saturated rings. The molecule has 1 saturated heterocycles. The van der Waals surface area contributed by atoms with E-state index in [9.17, 15) is 4.79 Å². The van der Waals surface area contributed by atoms with Crippen LogP contribution in [-0.4, -0.2) is 35.4 Å². The molecule has 3 aromatic rings. The van der Waals surface area contributed by atoms with Gasteiger partial charge >= 0.3 is 0 Å². The first-order valence-corrected chi connectivity index (χ1v) is 10.7. The third-order valence-corrected chi connectivity index (χ3v) is 6.21. The molecule has 1 unspecified atom stereocenters. The van der Waals surface area contributed by atoms with Gasteiger partial charge in [-0.3, -0.25) is 9.69 Å². The summed E-state index contributed by atoms with van der Waals surface area (Å²) in [5.74, 6) is -0.106. The minimum atomic E-state index is -0.106. The Morgan fingerprint density at radius 2 is 2.04 bits per heavy atom. The highest BCUT2D eigenvalue weighted by Crippen LogP contribution is 2.26. The molecule has 2 heterocycles. The zero-order valence-corrected chi connectivity index (χ0v) is 17.0. The Morgan fingerprint density at radius 1 is 1.21 bits per heavy atom. The van der Waals surface area contributed by atoms with Crippen molar-refractivity contribution < 1.29 is 4.79 Å². The van der Waals surface area contributed by atoms with E-state index in [-0.39, 0.29) is 11.9 Å². The number of para-hydroxylation sites is 1. The van der Waals surface area contributed by atoms with Gasteiger partial charge in [-0.2, -0.15) is 0 Å². The van der Waals surface area contributed by atoms with Crippen LogP contribution >= 0.6 is 22.9 Å². The zero-order chi connectivity index (χ0) is 19.3. The number of carbonyl (C=O) groups excluding carboxylic acids is 1. The van der Waals surface area contributed by atoms with E-state index in [2.05, 4.69) is 21.3 Å². The van der Waals surface area contributed by atoms with Crippen molar-refractivity contribution in [3.63, 3.8) is 0 Å². The lowest BCUT2D eigenvalue weighted by Crippen LogP contribution is -2.36. The first kappa shape index (κ1) is 19.1. The fourth-order valence-corrected chi connectivity index (χ4v) is 4.66. The normalized spacial score (nSPS) is 16.0. The molecule has 1 aliphatic heterocycles. The number of thiazole rings is 1. The molecule has 1 amide bonds. The van der Waals surface area contributed by atoms with Crippen LogP contribution in [0.4, 0.5) is 0 Å². The number of benzene rings is 2. The molecule has 144 valence electrons. The average Bonchev–Trinajstić information content (AvgIpc) is 3.36. The van der Waals surface area contributed by atoms with Crippen LogP contribution in [0, 0.1) is 0 Å². The molecule has 4 rings (SSSR count). The van der Waals surface area contributed by atoms with Crippen LogP contribution in [0.25, 0.3) is 16.3 Å². The van der Waals surface area contributed by atoms with Crippen molar-refractivity contribution >= 4 is 45.1 Å². The number of fused-ring (bicyclic) bond motifs is 1. The second-order valence-electron chi connectivity index (χ2n) is 6.91. The zero-order valence-electron chi connectivity index (χ0n) is 15.5. The molecule has 1 aliphatic rings. The van der Waals surface area contributed by atoms with Crippen molar-refractivity contribution in [1.29, 1.82) is 0 Å². The molecule has 0 aliphatic carbocycles. The van der Waals surface area contributed by atoms with Gasteiger partial charge in [0.2, 0.25) is 5.91 Å². The maximum absolute atomic E-state index is 12.4. The Hall–Kier alpha value is -2.21. The van der Waals surface area contributed by atoms with Gasteiger partial charge in [0.1, 0.15) is 5.01 Å². The van der Waals surface area contributed by atoms with Gasteiger partial charge in [-0.1, -0.05) is 35.9 Å². The van der Waals surface area contributed by atoms with Crippen molar-refractivity contribution in [3.8, 4) is 0 Å². The van der Waals surface area contributed by atoms with Crippen LogP contribution in [0.2, 0.25) is 5.02 Å². The van der Waals surface area contributed by atoms with Crippen LogP contribution in [0.3, 0.4) is 0 Å². The summed E-state index contributed by atoms with van der Waals surface area (Å²) >= 11 is 7.77. The lowest BCUT2D eigenvalue weighted by Gasteiger charge is -2.28. The third-order valence-electron chi connectivity index (χ3n) is 4.97. The molecule has 0 spiro atoms. The SMILES string of the molecule is O=C(/C=C/c1nc2ccccc2s1)NCC(c1cccc(Cl)c1)N1CCCC1. The van der Waals surface area contributed by atoms with E-state index < -0.39 is 0 Å². The highest BCUT2D eigenvalue weighted by Gasteiger charge is 2.23. The van der Waals surface area contributed by atoms with Crippen molar-refractivity contribution in [2.24, 2.45) is 0 Å². The van der Waals surface area contributed by atoms with Gasteiger partial charge in [-0.25, -0.2) is 4.98 Å². The van der Waals surface area contributed by atoms with E-state index in [1.807, 2.05) is 42.5 Å². The Bertz CT molecular complexity index is 961. The minimum Gasteiger partial charge on any atom is -0.351 e. The molecule has 4 nitrogen and oxygen atoms in total. The van der Waals surface area contributed by atoms with Gasteiger partial charge in [0, 0.05) is 17.6 Å². The molecule has 1 atom stereocenters. The number of hydrogen-bond acceptors (Lipinski definition) is 4. The highest BCUT2D eigenvalue weighted by atomic mass is 35.5. The fraction of sp³-hybridized carbons (Fsp3) is 0.273. The summed E-state index contributed by atoms with van der Waals surface area (Å²) in [6.07, 6.45) is 5.74. The van der Waals surface area contributed by atoms with Crippen molar-refractivity contribution in [2.45, 2.75) is 18.9 Å². The van der Waals surface area contributed by atoms with Crippen LogP contribution in [0.5, 0.6) is 0 Å². The number of nitrogens with one attached hydrogen (secondary N) is 1. The topological polar surface area (TPSA) is 45.2 Å². The first-order chi connectivity index (χ1) is 13.7. The Balaban J connectivity index is 1.42. The number of hydrogen-bond donors (Lipinski definition) is 1. The van der Waals surface area contributed by atoms with E-state index >= 15 is 0 Å². The second kappa shape index (κ2) is 8.86. The quantitative estimate of drug-likeness (QED) is 0.586. The molecular formula is C22H22ClN3OS. The van der Waals surface area contributed by atoms with E-state index in [1.54, 1.807) is 23.5 Å². The summed E-state index contributed by atoms with van der Waals surface area (Å²) in [7, 11) is 0. The number of carbonyl (C=O) groups is 1. The average molecular weight is 412 g/mol. The lowest BCUT2D eigenvalue weighted by molar-refractivity contribution is -0.116. The molecule has 0 bridgehead atoms. The number of nitrogens with zero attached hydrogens (tertiary/aromatic N) is 2. The summed E-state index contributed by atoms with van der Waals surface area (Å²) in [5.41, 5.74) is 2.10. The molecule has 28 heavy (non-hydrogen) atoms. The smallest absolute Gasteiger partial charge is 0.244 e. The van der Waals surface area contributed by atoms with Crippen molar-refractivity contribution in [1.82, 2.24) is 15.2 Å². The highest BCUT2D eigenvalue weighted by molar-refractivity contribution is 7.19. The number of likely N-dealkylation sites (tertiary alicyclic amines) is 1. The number of aromatic nitrogens is 1. The Morgan fingerprint density at radius 3 is 2.82 bits per heavy atom. The van der Waals surface area contributed by atoms with Crippen LogP contribution in [0.15, 0.2) is 54.6 Å². The molecule has 2 aromatic carbocycles. The predicted octanol–water partition coefficient (Wildman–Crippen LogP) is 4.92. The van der Waals surface area contributed by atoms with E-state index in [4.69, 9.17) is 11.6 Å². The van der Waals surface area contributed by atoms with Gasteiger partial charge in [0.15, 0.2) is 0 Å². The van der Waals surface area contributed by atoms with Crippen LogP contribution in [-0.2, 0) is 4.79 Å². The Kier molecular flexibility index (Phi) is 6.05. The molecular weight excluding hydrogens is 390 g/mol. The molecule has 0 radical (unpaired) electrons. The van der Waals surface area contributed by atoms with Crippen molar-refractivity contribution in [2.75, 3.05) is 19.6 Å². The molecule has 6 heteroatoms. The Labute approximate surface area is 173 Å². The summed E-state index contributed by atoms with van der Waals surface area (Å²) in [6, 6.07) is 16.0. The maximum Gasteiger partial charge on any atom is 0.244 e. The number of rotatable bonds is 6. The largest absolute Gasteiger partial charge is 0.351 e. The van der Waals surface area contributed by atoms with E-state index in [0.717, 1.165) is 38.9 Å². The van der Waals surface area contributed by atoms with Crippen molar-refractivity contribution in [3.05, 3.63) is 70.2 Å². The van der Waals surface area contributed by atoms with Gasteiger partial charge in [-0.05, 0) is 61.8 Å². The monoisotopic (exact) mass is 411 g/mol. The summed E-state index contributed by atoms with van der Waals surface area (Å²) < 4.78 is 1.12. The maximum atomic E-state index is 12.4. The molecule has 1 aromatic heterocycles. The van der Waals surface area contributed by atoms with E-state index in [0.29, 0.717) is 6.54 Å². The third kappa shape index (κ3) is 4.61. The van der Waals surface area contributed by atoms with Gasteiger partial charge in [0.05, 0.1) is 16.3 Å². The van der Waals surface area contributed by atoms with E-state index in [1.165, 1.54) is 12.8 Å². The molecule has 1 N–H and O–H groups in total. The minimum absolute atomic E-state index is 0.106.